The van der Waals surface area contributed by atoms with Crippen LogP contribution in [0, 0.1) is 0 Å². The molecule has 0 fully saturated rings. The Balaban J connectivity index is 2.42. The predicted octanol–water partition coefficient (Wildman–Crippen LogP) is 0.694. The Labute approximate surface area is 104 Å². The molecule has 5 heteroatoms. The molecule has 0 aliphatic heterocycles. The van der Waals surface area contributed by atoms with Crippen LogP contribution in [0.25, 0.3) is 0 Å². The van der Waals surface area contributed by atoms with E-state index in [0.717, 1.165) is 5.56 Å². The lowest BCUT2D eigenvalue weighted by Gasteiger charge is -2.10. The van der Waals surface area contributed by atoms with Gasteiger partial charge in [-0.25, -0.2) is 0 Å². The molecule has 1 amide bonds. The maximum absolute atomic E-state index is 11.6. The van der Waals surface area contributed by atoms with Crippen LogP contribution in [0.5, 0.6) is 0 Å². The largest absolute Gasteiger partial charge is 0.399 e. The third-order valence-corrected chi connectivity index (χ3v) is 3.77. The van der Waals surface area contributed by atoms with E-state index in [1.165, 1.54) is 0 Å². The summed E-state index contributed by atoms with van der Waals surface area (Å²) in [4.78, 5) is 11.6. The van der Waals surface area contributed by atoms with Crippen LogP contribution >= 0.6 is 0 Å². The summed E-state index contributed by atoms with van der Waals surface area (Å²) in [6, 6.07) is 7.24. The van der Waals surface area contributed by atoms with E-state index >= 15 is 0 Å². The van der Waals surface area contributed by atoms with Crippen molar-refractivity contribution in [1.29, 1.82) is 0 Å². The normalized spacial score (nSPS) is 14.0. The monoisotopic (exact) mass is 254 g/mol. The van der Waals surface area contributed by atoms with E-state index in [2.05, 4.69) is 5.32 Å². The van der Waals surface area contributed by atoms with E-state index in [1.807, 2.05) is 19.1 Å². The van der Waals surface area contributed by atoms with Crippen molar-refractivity contribution in [2.45, 2.75) is 18.6 Å². The predicted molar refractivity (Wildman–Crippen MR) is 71.1 cm³/mol. The molecule has 0 aromatic heterocycles. The molecule has 1 aromatic carbocycles. The van der Waals surface area contributed by atoms with Gasteiger partial charge in [0.15, 0.2) is 0 Å². The van der Waals surface area contributed by atoms with Crippen molar-refractivity contribution in [2.75, 3.05) is 18.5 Å². The molecule has 0 aliphatic rings. The Morgan fingerprint density at radius 1 is 1.53 bits per heavy atom. The van der Waals surface area contributed by atoms with Gasteiger partial charge in [-0.1, -0.05) is 12.1 Å². The molecule has 0 aliphatic carbocycles. The molecule has 0 heterocycles. The fraction of sp³-hybridized carbons (Fsp3) is 0.417. The number of nitrogen functional groups attached to an aromatic ring is 1. The Morgan fingerprint density at radius 2 is 2.24 bits per heavy atom. The second kappa shape index (κ2) is 6.39. The SMILES string of the molecule is CC(CNC(=O)Cc1cccc(N)c1)S(C)=O. The van der Waals surface area contributed by atoms with Crippen molar-refractivity contribution >= 4 is 22.4 Å². The van der Waals surface area contributed by atoms with Crippen LogP contribution in [0.4, 0.5) is 5.69 Å². The molecular formula is C12H18N2O2S. The Hall–Kier alpha value is -1.36. The van der Waals surface area contributed by atoms with Crippen molar-refractivity contribution in [3.05, 3.63) is 29.8 Å². The lowest BCUT2D eigenvalue weighted by Crippen LogP contribution is -2.33. The minimum absolute atomic E-state index is 0.0280. The van der Waals surface area contributed by atoms with Gasteiger partial charge in [0, 0.05) is 34.5 Å². The Morgan fingerprint density at radius 3 is 2.82 bits per heavy atom. The van der Waals surface area contributed by atoms with E-state index in [9.17, 15) is 9.00 Å². The second-order valence-electron chi connectivity index (χ2n) is 4.04. The molecule has 2 atom stereocenters. The minimum Gasteiger partial charge on any atom is -0.399 e. The Kier molecular flexibility index (Phi) is 5.15. The quantitative estimate of drug-likeness (QED) is 0.760. The topological polar surface area (TPSA) is 72.2 Å². The highest BCUT2D eigenvalue weighted by molar-refractivity contribution is 7.84. The fourth-order valence-corrected chi connectivity index (χ4v) is 1.64. The van der Waals surface area contributed by atoms with E-state index in [0.29, 0.717) is 18.7 Å². The van der Waals surface area contributed by atoms with Crippen molar-refractivity contribution in [3.63, 3.8) is 0 Å². The summed E-state index contributed by atoms with van der Waals surface area (Å²) < 4.78 is 11.1. The van der Waals surface area contributed by atoms with Gasteiger partial charge >= 0.3 is 0 Å². The average Bonchev–Trinajstić information content (AvgIpc) is 2.25. The number of carbonyl (C=O) groups excluding carboxylic acids is 1. The number of benzene rings is 1. The van der Waals surface area contributed by atoms with Crippen molar-refractivity contribution in [1.82, 2.24) is 5.32 Å². The molecule has 2 unspecified atom stereocenters. The van der Waals surface area contributed by atoms with Gasteiger partial charge in [0.25, 0.3) is 0 Å². The van der Waals surface area contributed by atoms with Crippen LogP contribution in [0.3, 0.4) is 0 Å². The van der Waals surface area contributed by atoms with Gasteiger partial charge in [-0.2, -0.15) is 0 Å². The molecular weight excluding hydrogens is 236 g/mol. The number of hydrogen-bond acceptors (Lipinski definition) is 3. The van der Waals surface area contributed by atoms with Crippen molar-refractivity contribution < 1.29 is 9.00 Å². The molecule has 1 rings (SSSR count). The average molecular weight is 254 g/mol. The molecule has 0 saturated heterocycles. The fourth-order valence-electron chi connectivity index (χ4n) is 1.33. The number of nitrogens with one attached hydrogen (secondary N) is 1. The molecule has 1 aromatic rings. The number of hydrogen-bond donors (Lipinski definition) is 2. The molecule has 0 radical (unpaired) electrons. The summed E-state index contributed by atoms with van der Waals surface area (Å²) in [7, 11) is -0.912. The molecule has 94 valence electrons. The van der Waals surface area contributed by atoms with Crippen LogP contribution in [-0.4, -0.2) is 28.2 Å². The molecule has 0 bridgehead atoms. The zero-order chi connectivity index (χ0) is 12.8. The molecule has 0 spiro atoms. The van der Waals surface area contributed by atoms with Gasteiger partial charge < -0.3 is 11.1 Å². The summed E-state index contributed by atoms with van der Waals surface area (Å²) in [6.45, 7) is 2.28. The third kappa shape index (κ3) is 4.99. The standard InChI is InChI=1S/C12H18N2O2S/c1-9(17(2)16)8-14-12(15)7-10-4-3-5-11(13)6-10/h3-6,9H,7-8,13H2,1-2H3,(H,14,15). The first-order chi connectivity index (χ1) is 7.99. The first-order valence-corrected chi connectivity index (χ1v) is 7.04. The van der Waals surface area contributed by atoms with Crippen LogP contribution in [0.2, 0.25) is 0 Å². The van der Waals surface area contributed by atoms with Crippen molar-refractivity contribution in [2.24, 2.45) is 0 Å². The maximum Gasteiger partial charge on any atom is 0.224 e. The number of rotatable bonds is 5. The summed E-state index contributed by atoms with van der Waals surface area (Å²) in [5, 5.41) is 2.73. The van der Waals surface area contributed by atoms with Gasteiger partial charge in [-0.05, 0) is 24.6 Å². The molecule has 3 N–H and O–H groups in total. The van der Waals surface area contributed by atoms with Gasteiger partial charge in [-0.15, -0.1) is 0 Å². The van der Waals surface area contributed by atoms with Gasteiger partial charge in [0.2, 0.25) is 5.91 Å². The molecule has 4 nitrogen and oxygen atoms in total. The first-order valence-electron chi connectivity index (χ1n) is 5.42. The van der Waals surface area contributed by atoms with Crippen LogP contribution in [0.15, 0.2) is 24.3 Å². The van der Waals surface area contributed by atoms with Gasteiger partial charge in [0.1, 0.15) is 0 Å². The zero-order valence-corrected chi connectivity index (χ0v) is 10.9. The zero-order valence-electron chi connectivity index (χ0n) is 10.1. The molecule has 0 saturated carbocycles. The first kappa shape index (κ1) is 13.7. The highest BCUT2D eigenvalue weighted by Crippen LogP contribution is 2.06. The van der Waals surface area contributed by atoms with E-state index in [1.54, 1.807) is 18.4 Å². The lowest BCUT2D eigenvalue weighted by molar-refractivity contribution is -0.120. The van der Waals surface area contributed by atoms with Crippen molar-refractivity contribution in [3.8, 4) is 0 Å². The van der Waals surface area contributed by atoms with E-state index in [-0.39, 0.29) is 11.2 Å². The maximum atomic E-state index is 11.6. The highest BCUT2D eigenvalue weighted by atomic mass is 32.2. The van der Waals surface area contributed by atoms with Crippen LogP contribution in [0.1, 0.15) is 12.5 Å². The molecule has 17 heavy (non-hydrogen) atoms. The summed E-state index contributed by atoms with van der Waals surface area (Å²) in [6.07, 6.45) is 1.93. The van der Waals surface area contributed by atoms with Crippen LogP contribution in [-0.2, 0) is 22.0 Å². The summed E-state index contributed by atoms with van der Waals surface area (Å²) >= 11 is 0. The highest BCUT2D eigenvalue weighted by Gasteiger charge is 2.08. The summed E-state index contributed by atoms with van der Waals surface area (Å²) in [5.41, 5.74) is 7.16. The van der Waals surface area contributed by atoms with Gasteiger partial charge in [0.05, 0.1) is 6.42 Å². The minimum atomic E-state index is -0.912. The van der Waals surface area contributed by atoms with Crippen LogP contribution < -0.4 is 11.1 Å². The summed E-state index contributed by atoms with van der Waals surface area (Å²) in [5.74, 6) is -0.0760. The van der Waals surface area contributed by atoms with E-state index < -0.39 is 10.8 Å². The number of amides is 1. The second-order valence-corrected chi connectivity index (χ2v) is 5.84. The smallest absolute Gasteiger partial charge is 0.224 e. The third-order valence-electron chi connectivity index (χ3n) is 2.47. The number of anilines is 1. The van der Waals surface area contributed by atoms with Gasteiger partial charge in [-0.3, -0.25) is 9.00 Å². The van der Waals surface area contributed by atoms with E-state index in [4.69, 9.17) is 5.73 Å². The number of carbonyl (C=O) groups is 1. The lowest BCUT2D eigenvalue weighted by atomic mass is 10.1. The number of nitrogens with two attached hydrogens (primary N) is 1. The Bertz CT molecular complexity index is 421.